The van der Waals surface area contributed by atoms with Gasteiger partial charge in [0.05, 0.1) is 0 Å². The lowest BCUT2D eigenvalue weighted by molar-refractivity contribution is 1.03. The Bertz CT molecular complexity index is 204. The van der Waals surface area contributed by atoms with Gasteiger partial charge in [0.25, 0.3) is 0 Å². The van der Waals surface area contributed by atoms with Crippen LogP contribution in [-0.2, 0) is 0 Å². The van der Waals surface area contributed by atoms with Gasteiger partial charge in [-0.3, -0.25) is 0 Å². The average Bonchev–Trinajstić information content (AvgIpc) is 2.33. The second-order valence-corrected chi connectivity index (χ2v) is 2.76. The van der Waals surface area contributed by atoms with Crippen LogP contribution in [0.3, 0.4) is 0 Å². The maximum Gasteiger partial charge on any atom is -0.0126 e. The second-order valence-electron chi connectivity index (χ2n) is 2.76. The van der Waals surface area contributed by atoms with Gasteiger partial charge in [-0.25, -0.2) is 0 Å². The highest BCUT2D eigenvalue weighted by atomic mass is 14.1. The molecule has 0 bridgehead atoms. The van der Waals surface area contributed by atoms with Gasteiger partial charge in [-0.1, -0.05) is 36.8 Å². The maximum absolute atomic E-state index is 3.93. The monoisotopic (exact) mass is 134 g/mol. The molecule has 0 heteroatoms. The first kappa shape index (κ1) is 7.33. The van der Waals surface area contributed by atoms with Gasteiger partial charge in [0.1, 0.15) is 0 Å². The van der Waals surface area contributed by atoms with Gasteiger partial charge >= 0.3 is 0 Å². The van der Waals surface area contributed by atoms with Crippen molar-refractivity contribution in [1.82, 2.24) is 0 Å². The molecular weight excluding hydrogens is 120 g/mol. The molecule has 0 aromatic rings. The zero-order valence-corrected chi connectivity index (χ0v) is 6.78. The third-order valence-electron chi connectivity index (χ3n) is 1.92. The summed E-state index contributed by atoms with van der Waals surface area (Å²) in [5.41, 5.74) is 4.11. The molecular formula is C10H14. The smallest absolute Gasteiger partial charge is 0.0126 e. The van der Waals surface area contributed by atoms with Crippen molar-refractivity contribution in [2.24, 2.45) is 0 Å². The summed E-state index contributed by atoms with van der Waals surface area (Å²) in [7, 11) is 0. The van der Waals surface area contributed by atoms with Crippen LogP contribution in [0.2, 0.25) is 0 Å². The van der Waals surface area contributed by atoms with Crippen LogP contribution in [0.25, 0.3) is 0 Å². The Hall–Kier alpha value is -0.780. The fraction of sp³-hybridized carbons (Fsp3) is 0.400. The SMILES string of the molecule is C=C(C)C1=C(CC)CC=C1. The molecule has 1 aliphatic rings. The molecule has 0 aromatic carbocycles. The van der Waals surface area contributed by atoms with E-state index in [0.29, 0.717) is 0 Å². The zero-order chi connectivity index (χ0) is 7.56. The molecule has 10 heavy (non-hydrogen) atoms. The van der Waals surface area contributed by atoms with E-state index in [2.05, 4.69) is 32.6 Å². The molecule has 0 nitrogen and oxygen atoms in total. The summed E-state index contributed by atoms with van der Waals surface area (Å²) in [6.45, 7) is 8.20. The Balaban J connectivity index is 2.87. The van der Waals surface area contributed by atoms with Crippen LogP contribution in [-0.4, -0.2) is 0 Å². The Kier molecular flexibility index (Phi) is 2.10. The van der Waals surface area contributed by atoms with Crippen molar-refractivity contribution < 1.29 is 0 Å². The highest BCUT2D eigenvalue weighted by Crippen LogP contribution is 2.25. The van der Waals surface area contributed by atoms with Gasteiger partial charge in [0.2, 0.25) is 0 Å². The highest BCUT2D eigenvalue weighted by molar-refractivity contribution is 5.45. The lowest BCUT2D eigenvalue weighted by Crippen LogP contribution is -1.82. The van der Waals surface area contributed by atoms with Crippen molar-refractivity contribution in [3.05, 3.63) is 35.5 Å². The van der Waals surface area contributed by atoms with Crippen LogP contribution in [0.1, 0.15) is 26.7 Å². The number of allylic oxidation sites excluding steroid dienone is 5. The molecule has 0 aromatic heterocycles. The van der Waals surface area contributed by atoms with Crippen LogP contribution in [0, 0.1) is 0 Å². The lowest BCUT2D eigenvalue weighted by atomic mass is 10.0. The van der Waals surface area contributed by atoms with E-state index in [-0.39, 0.29) is 0 Å². The maximum atomic E-state index is 3.93. The summed E-state index contributed by atoms with van der Waals surface area (Å²) in [5.74, 6) is 0. The summed E-state index contributed by atoms with van der Waals surface area (Å²) in [5, 5.41) is 0. The minimum atomic E-state index is 1.14. The molecule has 0 N–H and O–H groups in total. The van der Waals surface area contributed by atoms with Crippen LogP contribution in [0.15, 0.2) is 35.5 Å². The predicted octanol–water partition coefficient (Wildman–Crippen LogP) is 3.23. The summed E-state index contributed by atoms with van der Waals surface area (Å²) < 4.78 is 0. The molecule has 0 atom stereocenters. The molecule has 0 amide bonds. The summed E-state index contributed by atoms with van der Waals surface area (Å²) in [6.07, 6.45) is 6.69. The molecule has 1 aliphatic carbocycles. The Morgan fingerprint density at radius 1 is 1.70 bits per heavy atom. The van der Waals surface area contributed by atoms with Gasteiger partial charge in [0.15, 0.2) is 0 Å². The number of hydrogen-bond acceptors (Lipinski definition) is 0. The minimum Gasteiger partial charge on any atom is -0.0955 e. The third-order valence-corrected chi connectivity index (χ3v) is 1.92. The predicted molar refractivity (Wildman–Crippen MR) is 45.9 cm³/mol. The molecule has 1 rings (SSSR count). The van der Waals surface area contributed by atoms with E-state index in [1.807, 2.05) is 0 Å². The van der Waals surface area contributed by atoms with Crippen LogP contribution in [0.5, 0.6) is 0 Å². The summed E-state index contributed by atoms with van der Waals surface area (Å²) in [6, 6.07) is 0. The van der Waals surface area contributed by atoms with Crippen LogP contribution < -0.4 is 0 Å². The largest absolute Gasteiger partial charge is 0.0955 e. The zero-order valence-electron chi connectivity index (χ0n) is 6.78. The molecule has 0 aliphatic heterocycles. The van der Waals surface area contributed by atoms with E-state index in [9.17, 15) is 0 Å². The lowest BCUT2D eigenvalue weighted by Gasteiger charge is -2.02. The summed E-state index contributed by atoms with van der Waals surface area (Å²) >= 11 is 0. The van der Waals surface area contributed by atoms with Gasteiger partial charge in [-0.2, -0.15) is 0 Å². The Morgan fingerprint density at radius 2 is 2.40 bits per heavy atom. The van der Waals surface area contributed by atoms with Crippen molar-refractivity contribution in [1.29, 1.82) is 0 Å². The van der Waals surface area contributed by atoms with Gasteiger partial charge in [-0.05, 0) is 25.3 Å². The van der Waals surface area contributed by atoms with Crippen molar-refractivity contribution in [2.45, 2.75) is 26.7 Å². The molecule has 54 valence electrons. The van der Waals surface area contributed by atoms with E-state index in [4.69, 9.17) is 0 Å². The first-order chi connectivity index (χ1) is 4.75. The van der Waals surface area contributed by atoms with Crippen molar-refractivity contribution in [2.75, 3.05) is 0 Å². The van der Waals surface area contributed by atoms with Crippen LogP contribution >= 0.6 is 0 Å². The van der Waals surface area contributed by atoms with Crippen molar-refractivity contribution >= 4 is 0 Å². The molecule has 0 unspecified atom stereocenters. The normalized spacial score (nSPS) is 16.6. The van der Waals surface area contributed by atoms with Gasteiger partial charge in [-0.15, -0.1) is 0 Å². The topological polar surface area (TPSA) is 0 Å². The fourth-order valence-corrected chi connectivity index (χ4v) is 1.33. The Morgan fingerprint density at radius 3 is 2.80 bits per heavy atom. The molecule has 0 fully saturated rings. The number of hydrogen-bond donors (Lipinski definition) is 0. The Labute approximate surface area is 62.9 Å². The molecule has 0 heterocycles. The quantitative estimate of drug-likeness (QED) is 0.544. The first-order valence-electron chi connectivity index (χ1n) is 3.80. The van der Waals surface area contributed by atoms with Gasteiger partial charge < -0.3 is 0 Å². The molecule has 0 saturated carbocycles. The van der Waals surface area contributed by atoms with Crippen molar-refractivity contribution in [3.8, 4) is 0 Å². The van der Waals surface area contributed by atoms with Gasteiger partial charge in [0, 0.05) is 0 Å². The fourth-order valence-electron chi connectivity index (χ4n) is 1.33. The average molecular weight is 134 g/mol. The van der Waals surface area contributed by atoms with E-state index in [0.717, 1.165) is 12.8 Å². The third kappa shape index (κ3) is 1.21. The highest BCUT2D eigenvalue weighted by Gasteiger charge is 2.06. The first-order valence-corrected chi connectivity index (χ1v) is 3.80. The number of rotatable bonds is 2. The van der Waals surface area contributed by atoms with Crippen molar-refractivity contribution in [3.63, 3.8) is 0 Å². The summed E-state index contributed by atoms with van der Waals surface area (Å²) in [4.78, 5) is 0. The standard InChI is InChI=1S/C10H14/c1-4-9-6-5-7-10(9)8(2)3/h5,7H,2,4,6H2,1,3H3. The van der Waals surface area contributed by atoms with E-state index in [1.165, 1.54) is 16.7 Å². The van der Waals surface area contributed by atoms with E-state index in [1.54, 1.807) is 0 Å². The molecule has 0 radical (unpaired) electrons. The van der Waals surface area contributed by atoms with Crippen LogP contribution in [0.4, 0.5) is 0 Å². The minimum absolute atomic E-state index is 1.14. The second kappa shape index (κ2) is 2.87. The van der Waals surface area contributed by atoms with E-state index >= 15 is 0 Å². The molecule has 0 saturated heterocycles. The molecule has 0 spiro atoms. The van der Waals surface area contributed by atoms with E-state index < -0.39 is 0 Å².